The first kappa shape index (κ1) is 16.7. The number of carbonyl (C=O) groups excluding carboxylic acids is 1. The average molecular weight is 351 g/mol. The van der Waals surface area contributed by atoms with Crippen LogP contribution < -0.4 is 5.32 Å². The molecule has 0 aliphatic carbocycles. The van der Waals surface area contributed by atoms with Crippen LogP contribution in [0.2, 0.25) is 0 Å². The highest BCUT2D eigenvalue weighted by molar-refractivity contribution is 6.03. The number of nitrogens with zero attached hydrogens (tertiary/aromatic N) is 4. The van der Waals surface area contributed by atoms with Crippen molar-refractivity contribution in [2.24, 2.45) is 0 Å². The number of aromatic nitrogens is 4. The molecule has 0 unspecified atom stereocenters. The van der Waals surface area contributed by atoms with Crippen molar-refractivity contribution in [1.82, 2.24) is 20.2 Å². The van der Waals surface area contributed by atoms with Crippen LogP contribution in [0.15, 0.2) is 34.9 Å². The van der Waals surface area contributed by atoms with Crippen molar-refractivity contribution < 1.29 is 22.5 Å². The van der Waals surface area contributed by atoms with Crippen LogP contribution in [0.1, 0.15) is 27.5 Å². The van der Waals surface area contributed by atoms with Gasteiger partial charge >= 0.3 is 6.18 Å². The largest absolute Gasteiger partial charge is 0.418 e. The van der Waals surface area contributed by atoms with Crippen molar-refractivity contribution in [3.63, 3.8) is 0 Å². The molecule has 1 aromatic carbocycles. The normalized spacial score (nSPS) is 11.6. The third-order valence-corrected chi connectivity index (χ3v) is 3.42. The molecule has 7 nitrogen and oxygen atoms in total. The number of rotatable bonds is 3. The van der Waals surface area contributed by atoms with Crippen LogP contribution in [0.3, 0.4) is 0 Å². The number of hydrogen-bond donors (Lipinski definition) is 1. The molecule has 130 valence electrons. The van der Waals surface area contributed by atoms with Gasteiger partial charge in [-0.05, 0) is 26.0 Å². The van der Waals surface area contributed by atoms with E-state index in [2.05, 4.69) is 20.8 Å². The Morgan fingerprint density at radius 3 is 2.60 bits per heavy atom. The van der Waals surface area contributed by atoms with Crippen LogP contribution in [0, 0.1) is 13.8 Å². The third-order valence-electron chi connectivity index (χ3n) is 3.42. The van der Waals surface area contributed by atoms with Gasteiger partial charge in [-0.15, -0.1) is 5.10 Å². The molecule has 0 atom stereocenters. The van der Waals surface area contributed by atoms with Gasteiger partial charge in [0.2, 0.25) is 0 Å². The summed E-state index contributed by atoms with van der Waals surface area (Å²) in [6.45, 7) is 3.11. The third kappa shape index (κ3) is 3.23. The van der Waals surface area contributed by atoms with Crippen molar-refractivity contribution in [2.75, 3.05) is 5.32 Å². The van der Waals surface area contributed by atoms with Crippen molar-refractivity contribution in [3.8, 4) is 5.69 Å². The van der Waals surface area contributed by atoms with E-state index >= 15 is 0 Å². The first-order valence-corrected chi connectivity index (χ1v) is 7.11. The molecule has 0 saturated carbocycles. The van der Waals surface area contributed by atoms with Crippen molar-refractivity contribution >= 4 is 11.7 Å². The van der Waals surface area contributed by atoms with Crippen LogP contribution in [0.5, 0.6) is 0 Å². The molecule has 1 N–H and O–H groups in total. The maximum atomic E-state index is 13.2. The average Bonchev–Trinajstić information content (AvgIpc) is 3.12. The van der Waals surface area contributed by atoms with Gasteiger partial charge in [-0.3, -0.25) is 4.79 Å². The fourth-order valence-electron chi connectivity index (χ4n) is 2.27. The monoisotopic (exact) mass is 351 g/mol. The Balaban J connectivity index is 1.96. The van der Waals surface area contributed by atoms with Gasteiger partial charge in [0, 0.05) is 6.07 Å². The molecule has 0 aliphatic heterocycles. The number of aryl methyl sites for hydroxylation is 1. The van der Waals surface area contributed by atoms with E-state index in [4.69, 9.17) is 4.52 Å². The maximum absolute atomic E-state index is 13.2. The summed E-state index contributed by atoms with van der Waals surface area (Å²) in [6.07, 6.45) is -4.56. The highest BCUT2D eigenvalue weighted by atomic mass is 19.4. The zero-order chi connectivity index (χ0) is 18.2. The lowest BCUT2D eigenvalue weighted by atomic mass is 10.1. The highest BCUT2D eigenvalue weighted by Gasteiger charge is 2.34. The molecule has 0 aliphatic rings. The van der Waals surface area contributed by atoms with E-state index in [-0.39, 0.29) is 22.9 Å². The van der Waals surface area contributed by atoms with E-state index < -0.39 is 17.6 Å². The summed E-state index contributed by atoms with van der Waals surface area (Å²) >= 11 is 0. The van der Waals surface area contributed by atoms with E-state index in [1.807, 2.05) is 0 Å². The summed E-state index contributed by atoms with van der Waals surface area (Å²) in [5.41, 5.74) is -1.04. The molecule has 0 saturated heterocycles. The van der Waals surface area contributed by atoms with E-state index in [0.29, 0.717) is 5.76 Å². The number of anilines is 1. The van der Waals surface area contributed by atoms with Crippen molar-refractivity contribution in [1.29, 1.82) is 0 Å². The summed E-state index contributed by atoms with van der Waals surface area (Å²) in [5.74, 6) is 0.0171. The molecule has 3 rings (SSSR count). The number of nitrogens with one attached hydrogen (secondary N) is 1. The summed E-state index contributed by atoms with van der Waals surface area (Å²) in [7, 11) is 0. The quantitative estimate of drug-likeness (QED) is 0.783. The zero-order valence-corrected chi connectivity index (χ0v) is 13.1. The molecular weight excluding hydrogens is 339 g/mol. The number of para-hydroxylation sites is 1. The van der Waals surface area contributed by atoms with Gasteiger partial charge < -0.3 is 9.84 Å². The highest BCUT2D eigenvalue weighted by Crippen LogP contribution is 2.33. The van der Waals surface area contributed by atoms with Crippen LogP contribution in [0.4, 0.5) is 19.0 Å². The molecule has 25 heavy (non-hydrogen) atoms. The number of benzene rings is 1. The summed E-state index contributed by atoms with van der Waals surface area (Å²) in [5, 5.41) is 13.4. The molecule has 0 spiro atoms. The molecule has 2 aromatic heterocycles. The SMILES string of the molecule is Cc1cc(NC(=O)c2nnn(-c3ccccc3C(F)(F)F)c2C)no1. The smallest absolute Gasteiger partial charge is 0.360 e. The Bertz CT molecular complexity index is 929. The van der Waals surface area contributed by atoms with Gasteiger partial charge in [-0.25, -0.2) is 4.68 Å². The van der Waals surface area contributed by atoms with Crippen molar-refractivity contribution in [3.05, 3.63) is 53.0 Å². The summed E-state index contributed by atoms with van der Waals surface area (Å²) in [4.78, 5) is 12.2. The number of amides is 1. The van der Waals surface area contributed by atoms with E-state index in [1.54, 1.807) is 6.92 Å². The van der Waals surface area contributed by atoms with E-state index in [0.717, 1.165) is 10.7 Å². The lowest BCUT2D eigenvalue weighted by molar-refractivity contribution is -0.137. The topological polar surface area (TPSA) is 85.8 Å². The predicted octanol–water partition coefficient (Wildman–Crippen LogP) is 3.14. The molecule has 0 fully saturated rings. The summed E-state index contributed by atoms with van der Waals surface area (Å²) < 4.78 is 45.3. The van der Waals surface area contributed by atoms with Crippen LogP contribution in [-0.2, 0) is 6.18 Å². The van der Waals surface area contributed by atoms with Gasteiger partial charge in [0.1, 0.15) is 5.76 Å². The number of alkyl halides is 3. The fraction of sp³-hybridized carbons (Fsp3) is 0.200. The standard InChI is InChI=1S/C15H12F3N5O2/c1-8-7-12(21-25-8)19-14(24)13-9(2)23(22-20-13)11-6-4-3-5-10(11)15(16,17)18/h3-7H,1-2H3,(H,19,21,24). The van der Waals surface area contributed by atoms with Gasteiger partial charge in [0.05, 0.1) is 16.9 Å². The Hall–Kier alpha value is -3.17. The predicted molar refractivity (Wildman–Crippen MR) is 80.3 cm³/mol. The minimum absolute atomic E-state index is 0.113. The lowest BCUT2D eigenvalue weighted by Gasteiger charge is -2.13. The maximum Gasteiger partial charge on any atom is 0.418 e. The Kier molecular flexibility index (Phi) is 4.03. The molecule has 3 aromatic rings. The molecule has 1 amide bonds. The Morgan fingerprint density at radius 1 is 1.24 bits per heavy atom. The van der Waals surface area contributed by atoms with E-state index in [1.165, 1.54) is 31.2 Å². The first-order chi connectivity index (χ1) is 11.8. The second-order valence-corrected chi connectivity index (χ2v) is 5.23. The number of carbonyl (C=O) groups is 1. The van der Waals surface area contributed by atoms with E-state index in [9.17, 15) is 18.0 Å². The van der Waals surface area contributed by atoms with Gasteiger partial charge in [0.25, 0.3) is 5.91 Å². The minimum Gasteiger partial charge on any atom is -0.360 e. The second kappa shape index (κ2) is 6.04. The lowest BCUT2D eigenvalue weighted by Crippen LogP contribution is -2.15. The molecule has 0 bridgehead atoms. The van der Waals surface area contributed by atoms with Gasteiger partial charge in [0.15, 0.2) is 11.5 Å². The second-order valence-electron chi connectivity index (χ2n) is 5.23. The number of hydrogen-bond acceptors (Lipinski definition) is 5. The summed E-state index contributed by atoms with van der Waals surface area (Å²) in [6, 6.07) is 6.42. The molecule has 10 heteroatoms. The molecule has 2 heterocycles. The first-order valence-electron chi connectivity index (χ1n) is 7.11. The van der Waals surface area contributed by atoms with Gasteiger partial charge in [-0.2, -0.15) is 13.2 Å². The zero-order valence-electron chi connectivity index (χ0n) is 13.1. The molecule has 0 radical (unpaired) electrons. The van der Waals surface area contributed by atoms with Crippen LogP contribution in [0.25, 0.3) is 5.69 Å². The minimum atomic E-state index is -4.56. The Labute approximate surface area is 139 Å². The molecular formula is C15H12F3N5O2. The number of halogens is 3. The fourth-order valence-corrected chi connectivity index (χ4v) is 2.27. The van der Waals surface area contributed by atoms with Crippen LogP contribution in [-0.4, -0.2) is 26.1 Å². The van der Waals surface area contributed by atoms with Crippen molar-refractivity contribution in [2.45, 2.75) is 20.0 Å². The Morgan fingerprint density at radius 2 is 1.96 bits per heavy atom. The van der Waals surface area contributed by atoms with Crippen LogP contribution >= 0.6 is 0 Å². The van der Waals surface area contributed by atoms with Gasteiger partial charge in [-0.1, -0.05) is 22.5 Å².